The molecule has 6 heteroatoms. The van der Waals surface area contributed by atoms with E-state index in [1.165, 1.54) is 0 Å². The van der Waals surface area contributed by atoms with Gasteiger partial charge in [-0.1, -0.05) is 6.07 Å². The monoisotopic (exact) mass is 325 g/mol. The smallest absolute Gasteiger partial charge is 0.395 e. The molecule has 1 aromatic rings. The van der Waals surface area contributed by atoms with E-state index in [-0.39, 0.29) is 17.6 Å². The lowest BCUT2D eigenvalue weighted by Gasteiger charge is -2.25. The first-order valence-electron chi connectivity index (χ1n) is 8.17. The maximum atomic E-state index is 13.1. The van der Waals surface area contributed by atoms with Crippen molar-refractivity contribution in [3.8, 4) is 11.5 Å². The maximum absolute atomic E-state index is 13.1. The second-order valence-electron chi connectivity index (χ2n) is 7.13. The summed E-state index contributed by atoms with van der Waals surface area (Å²) in [4.78, 5) is 2.28. The molecule has 4 atom stereocenters. The van der Waals surface area contributed by atoms with E-state index in [0.717, 1.165) is 31.2 Å². The topological polar surface area (TPSA) is 41.9 Å². The molecule has 1 aromatic carbocycles. The predicted octanol–water partition coefficient (Wildman–Crippen LogP) is 2.99. The van der Waals surface area contributed by atoms with E-state index >= 15 is 0 Å². The SMILES string of the molecule is CN(Cc1ccc2c(c1)OC(F)(F)O2)C1C[C@H]2CC(O)C[C@H]2C1. The molecule has 2 fully saturated rings. The summed E-state index contributed by atoms with van der Waals surface area (Å²) in [5.74, 6) is 1.46. The van der Waals surface area contributed by atoms with Gasteiger partial charge < -0.3 is 14.6 Å². The number of aliphatic hydroxyl groups is 1. The number of rotatable bonds is 3. The minimum atomic E-state index is -3.56. The Morgan fingerprint density at radius 1 is 1.13 bits per heavy atom. The molecule has 0 aromatic heterocycles. The molecular weight excluding hydrogens is 304 g/mol. The lowest BCUT2D eigenvalue weighted by Crippen LogP contribution is -2.29. The first kappa shape index (κ1) is 15.1. The quantitative estimate of drug-likeness (QED) is 0.928. The Bertz CT molecular complexity index is 596. The highest BCUT2D eigenvalue weighted by atomic mass is 19.3. The Hall–Kier alpha value is -1.40. The minimum absolute atomic E-state index is 0.0887. The van der Waals surface area contributed by atoms with Crippen LogP contribution in [0.4, 0.5) is 8.78 Å². The molecule has 2 unspecified atom stereocenters. The lowest BCUT2D eigenvalue weighted by atomic mass is 10.0. The van der Waals surface area contributed by atoms with Crippen LogP contribution in [0.2, 0.25) is 0 Å². The summed E-state index contributed by atoms with van der Waals surface area (Å²) < 4.78 is 35.1. The molecule has 1 heterocycles. The van der Waals surface area contributed by atoms with Gasteiger partial charge in [-0.2, -0.15) is 0 Å². The van der Waals surface area contributed by atoms with Gasteiger partial charge >= 0.3 is 6.29 Å². The number of fused-ring (bicyclic) bond motifs is 2. The molecule has 1 aliphatic heterocycles. The van der Waals surface area contributed by atoms with Crippen molar-refractivity contribution in [2.75, 3.05) is 7.05 Å². The third kappa shape index (κ3) is 2.90. The number of hydrogen-bond acceptors (Lipinski definition) is 4. The van der Waals surface area contributed by atoms with Gasteiger partial charge in [0.1, 0.15) is 0 Å². The highest BCUT2D eigenvalue weighted by molar-refractivity contribution is 5.45. The number of benzene rings is 1. The largest absolute Gasteiger partial charge is 0.586 e. The molecule has 0 saturated heterocycles. The zero-order chi connectivity index (χ0) is 16.2. The van der Waals surface area contributed by atoms with E-state index in [1.54, 1.807) is 18.2 Å². The van der Waals surface area contributed by atoms with Crippen LogP contribution in [0.3, 0.4) is 0 Å². The van der Waals surface area contributed by atoms with Crippen LogP contribution in [0.15, 0.2) is 18.2 Å². The van der Waals surface area contributed by atoms with Crippen molar-refractivity contribution in [2.45, 2.75) is 50.7 Å². The van der Waals surface area contributed by atoms with Crippen LogP contribution >= 0.6 is 0 Å². The van der Waals surface area contributed by atoms with Gasteiger partial charge in [-0.05, 0) is 62.3 Å². The van der Waals surface area contributed by atoms with Crippen LogP contribution in [0.5, 0.6) is 11.5 Å². The molecule has 4 nitrogen and oxygen atoms in total. The third-order valence-electron chi connectivity index (χ3n) is 5.49. The molecule has 0 radical (unpaired) electrons. The highest BCUT2D eigenvalue weighted by Gasteiger charge is 2.44. The number of alkyl halides is 2. The van der Waals surface area contributed by atoms with Crippen LogP contribution in [-0.2, 0) is 6.54 Å². The van der Waals surface area contributed by atoms with Gasteiger partial charge in [0.15, 0.2) is 11.5 Å². The number of ether oxygens (including phenoxy) is 2. The summed E-state index contributed by atoms with van der Waals surface area (Å²) in [6.45, 7) is 0.689. The van der Waals surface area contributed by atoms with E-state index in [9.17, 15) is 13.9 Å². The average molecular weight is 325 g/mol. The Labute approximate surface area is 134 Å². The van der Waals surface area contributed by atoms with Gasteiger partial charge in [0.2, 0.25) is 0 Å². The maximum Gasteiger partial charge on any atom is 0.586 e. The number of nitrogens with zero attached hydrogens (tertiary/aromatic N) is 1. The molecule has 2 saturated carbocycles. The van der Waals surface area contributed by atoms with Gasteiger partial charge in [-0.25, -0.2) is 0 Å². The van der Waals surface area contributed by atoms with E-state index < -0.39 is 6.29 Å². The zero-order valence-electron chi connectivity index (χ0n) is 13.0. The van der Waals surface area contributed by atoms with Crippen molar-refractivity contribution >= 4 is 0 Å². The normalized spacial score (nSPS) is 34.1. The van der Waals surface area contributed by atoms with E-state index in [4.69, 9.17) is 0 Å². The fourth-order valence-electron chi connectivity index (χ4n) is 4.42. The molecule has 0 bridgehead atoms. The van der Waals surface area contributed by atoms with Crippen molar-refractivity contribution in [1.29, 1.82) is 0 Å². The van der Waals surface area contributed by atoms with Crippen LogP contribution in [0, 0.1) is 11.8 Å². The van der Waals surface area contributed by atoms with E-state index in [1.807, 2.05) is 0 Å². The first-order valence-corrected chi connectivity index (χ1v) is 8.17. The van der Waals surface area contributed by atoms with Crippen LogP contribution in [-0.4, -0.2) is 35.5 Å². The van der Waals surface area contributed by atoms with Gasteiger partial charge in [0.05, 0.1) is 6.10 Å². The van der Waals surface area contributed by atoms with Gasteiger partial charge in [0, 0.05) is 12.6 Å². The average Bonchev–Trinajstić information content (AvgIpc) is 3.06. The van der Waals surface area contributed by atoms with Crippen LogP contribution < -0.4 is 9.47 Å². The van der Waals surface area contributed by atoms with Crippen molar-refractivity contribution < 1.29 is 23.4 Å². The first-order chi connectivity index (χ1) is 10.9. The molecular formula is C17H21F2NO3. The highest BCUT2D eigenvalue weighted by Crippen LogP contribution is 2.46. The second-order valence-corrected chi connectivity index (χ2v) is 7.13. The number of hydrogen-bond donors (Lipinski definition) is 1. The second kappa shape index (κ2) is 5.31. The molecule has 0 amide bonds. The fourth-order valence-corrected chi connectivity index (χ4v) is 4.42. The standard InChI is InChI=1S/C17H21F2NO3/c1-20(13-5-11-7-14(21)8-12(11)6-13)9-10-2-3-15-16(4-10)23-17(18,19)22-15/h2-4,11-14,21H,5-9H2,1H3/t11-,12+,13?,14?. The summed E-state index contributed by atoms with van der Waals surface area (Å²) in [5, 5.41) is 9.73. The molecule has 126 valence electrons. The fraction of sp³-hybridized carbons (Fsp3) is 0.647. The summed E-state index contributed by atoms with van der Waals surface area (Å²) in [7, 11) is 2.07. The van der Waals surface area contributed by atoms with Crippen molar-refractivity contribution in [3.63, 3.8) is 0 Å². The Balaban J connectivity index is 1.40. The molecule has 1 N–H and O–H groups in total. The summed E-state index contributed by atoms with van der Waals surface area (Å²) >= 11 is 0. The van der Waals surface area contributed by atoms with Crippen molar-refractivity contribution in [1.82, 2.24) is 4.90 Å². The third-order valence-corrected chi connectivity index (χ3v) is 5.49. The summed E-state index contributed by atoms with van der Waals surface area (Å²) in [6.07, 6.45) is 0.396. The molecule has 0 spiro atoms. The lowest BCUT2D eigenvalue weighted by molar-refractivity contribution is -0.286. The Kier molecular flexibility index (Phi) is 3.50. The summed E-state index contributed by atoms with van der Waals surface area (Å²) in [5.41, 5.74) is 0.935. The molecule has 2 aliphatic carbocycles. The Morgan fingerprint density at radius 2 is 1.78 bits per heavy atom. The number of aliphatic hydroxyl groups excluding tert-OH is 1. The van der Waals surface area contributed by atoms with E-state index in [0.29, 0.717) is 24.4 Å². The molecule has 23 heavy (non-hydrogen) atoms. The minimum Gasteiger partial charge on any atom is -0.395 e. The molecule has 3 aliphatic rings. The van der Waals surface area contributed by atoms with Gasteiger partial charge in [-0.3, -0.25) is 4.90 Å². The van der Waals surface area contributed by atoms with Crippen LogP contribution in [0.1, 0.15) is 31.2 Å². The number of halogens is 2. The summed E-state index contributed by atoms with van der Waals surface area (Å²) in [6, 6.07) is 5.47. The van der Waals surface area contributed by atoms with Gasteiger partial charge in [-0.15, -0.1) is 8.78 Å². The van der Waals surface area contributed by atoms with Gasteiger partial charge in [0.25, 0.3) is 0 Å². The van der Waals surface area contributed by atoms with E-state index in [2.05, 4.69) is 21.4 Å². The molecule has 4 rings (SSSR count). The van der Waals surface area contributed by atoms with Crippen molar-refractivity contribution in [3.05, 3.63) is 23.8 Å². The van der Waals surface area contributed by atoms with Crippen LogP contribution in [0.25, 0.3) is 0 Å². The predicted molar refractivity (Wildman–Crippen MR) is 79.4 cm³/mol. The Morgan fingerprint density at radius 3 is 2.48 bits per heavy atom. The zero-order valence-corrected chi connectivity index (χ0v) is 13.0. The van der Waals surface area contributed by atoms with Crippen molar-refractivity contribution in [2.24, 2.45) is 11.8 Å².